The van der Waals surface area contributed by atoms with Crippen LogP contribution >= 0.6 is 11.3 Å². The molecule has 2 amide bonds. The lowest BCUT2D eigenvalue weighted by atomic mass is 10.2. The Hall–Kier alpha value is -1.07. The zero-order valence-electron chi connectivity index (χ0n) is 10.2. The number of nitrogens with one attached hydrogen (secondary N) is 1. The number of urea groups is 1. The molecule has 5 heteroatoms. The molecule has 0 unspecified atom stereocenters. The standard InChI is InChI=1S/C12H18N2O2S/c1-9-8-16-6-5-14(9)12(15)13-10(2)11-4-3-7-17-11/h3-4,7,9-10H,5-6,8H2,1-2H3,(H,13,15)/t9-,10+/m1/s1. The van der Waals surface area contributed by atoms with Crippen LogP contribution in [0, 0.1) is 0 Å². The van der Waals surface area contributed by atoms with E-state index in [2.05, 4.69) is 5.32 Å². The van der Waals surface area contributed by atoms with Crippen LogP contribution in [-0.4, -0.2) is 36.7 Å². The highest BCUT2D eigenvalue weighted by Crippen LogP contribution is 2.18. The number of hydrogen-bond donors (Lipinski definition) is 1. The van der Waals surface area contributed by atoms with E-state index in [0.717, 1.165) is 0 Å². The number of carbonyl (C=O) groups excluding carboxylic acids is 1. The lowest BCUT2D eigenvalue weighted by Crippen LogP contribution is -2.51. The van der Waals surface area contributed by atoms with Crippen LogP contribution in [0.4, 0.5) is 4.79 Å². The van der Waals surface area contributed by atoms with Crippen LogP contribution in [0.25, 0.3) is 0 Å². The number of carbonyl (C=O) groups is 1. The summed E-state index contributed by atoms with van der Waals surface area (Å²) in [5.41, 5.74) is 0. The molecule has 4 nitrogen and oxygen atoms in total. The molecule has 1 aromatic rings. The molecule has 1 N–H and O–H groups in total. The lowest BCUT2D eigenvalue weighted by molar-refractivity contribution is 0.0185. The van der Waals surface area contributed by atoms with Gasteiger partial charge in [-0.3, -0.25) is 0 Å². The molecule has 1 aliphatic heterocycles. The second-order valence-corrected chi connectivity index (χ2v) is 5.28. The highest BCUT2D eigenvalue weighted by atomic mass is 32.1. The molecule has 1 aromatic heterocycles. The molecular formula is C12H18N2O2S. The van der Waals surface area contributed by atoms with Gasteiger partial charge in [0, 0.05) is 11.4 Å². The van der Waals surface area contributed by atoms with E-state index in [9.17, 15) is 4.79 Å². The van der Waals surface area contributed by atoms with Crippen LogP contribution in [-0.2, 0) is 4.74 Å². The number of rotatable bonds is 2. The maximum absolute atomic E-state index is 12.1. The van der Waals surface area contributed by atoms with Crippen LogP contribution in [0.3, 0.4) is 0 Å². The predicted molar refractivity (Wildman–Crippen MR) is 68.3 cm³/mol. The highest BCUT2D eigenvalue weighted by molar-refractivity contribution is 7.10. The van der Waals surface area contributed by atoms with Crippen molar-refractivity contribution in [3.05, 3.63) is 22.4 Å². The second-order valence-electron chi connectivity index (χ2n) is 4.30. The van der Waals surface area contributed by atoms with Gasteiger partial charge in [0.05, 0.1) is 25.3 Å². The average Bonchev–Trinajstić information content (AvgIpc) is 2.82. The Morgan fingerprint density at radius 1 is 1.71 bits per heavy atom. The quantitative estimate of drug-likeness (QED) is 0.879. The lowest BCUT2D eigenvalue weighted by Gasteiger charge is -2.34. The largest absolute Gasteiger partial charge is 0.377 e. The fraction of sp³-hybridized carbons (Fsp3) is 0.583. The van der Waals surface area contributed by atoms with E-state index in [1.807, 2.05) is 36.3 Å². The third kappa shape index (κ3) is 2.98. The number of morpholine rings is 1. The fourth-order valence-electron chi connectivity index (χ4n) is 1.91. The summed E-state index contributed by atoms with van der Waals surface area (Å²) in [6.07, 6.45) is 0. The summed E-state index contributed by atoms with van der Waals surface area (Å²) in [6.45, 7) is 5.94. The molecule has 94 valence electrons. The molecule has 1 fully saturated rings. The third-order valence-electron chi connectivity index (χ3n) is 2.94. The maximum Gasteiger partial charge on any atom is 0.318 e. The van der Waals surface area contributed by atoms with Crippen molar-refractivity contribution >= 4 is 17.4 Å². The van der Waals surface area contributed by atoms with Gasteiger partial charge in [-0.25, -0.2) is 4.79 Å². The van der Waals surface area contributed by atoms with Gasteiger partial charge < -0.3 is 15.0 Å². The Balaban J connectivity index is 1.92. The number of nitrogens with zero attached hydrogens (tertiary/aromatic N) is 1. The first-order valence-corrected chi connectivity index (χ1v) is 6.74. The van der Waals surface area contributed by atoms with Crippen molar-refractivity contribution < 1.29 is 9.53 Å². The van der Waals surface area contributed by atoms with Gasteiger partial charge in [-0.2, -0.15) is 0 Å². The minimum atomic E-state index is 0.00157. The minimum Gasteiger partial charge on any atom is -0.377 e. The van der Waals surface area contributed by atoms with E-state index >= 15 is 0 Å². The summed E-state index contributed by atoms with van der Waals surface area (Å²) in [4.78, 5) is 15.1. The van der Waals surface area contributed by atoms with E-state index in [4.69, 9.17) is 4.74 Å². The van der Waals surface area contributed by atoms with E-state index in [1.165, 1.54) is 4.88 Å². The number of ether oxygens (including phenoxy) is 1. The summed E-state index contributed by atoms with van der Waals surface area (Å²) in [5.74, 6) is 0. The topological polar surface area (TPSA) is 41.6 Å². The minimum absolute atomic E-state index is 0.00157. The zero-order chi connectivity index (χ0) is 12.3. The Morgan fingerprint density at radius 2 is 2.53 bits per heavy atom. The van der Waals surface area contributed by atoms with E-state index < -0.39 is 0 Å². The molecule has 2 rings (SSSR count). The smallest absolute Gasteiger partial charge is 0.318 e. The Kier molecular flexibility index (Phi) is 4.02. The van der Waals surface area contributed by atoms with Gasteiger partial charge in [0.2, 0.25) is 0 Å². The molecule has 0 aliphatic carbocycles. The molecule has 2 heterocycles. The van der Waals surface area contributed by atoms with Crippen molar-refractivity contribution in [2.24, 2.45) is 0 Å². The van der Waals surface area contributed by atoms with Crippen LogP contribution in [0.2, 0.25) is 0 Å². The Morgan fingerprint density at radius 3 is 3.18 bits per heavy atom. The predicted octanol–water partition coefficient (Wildman–Crippen LogP) is 2.24. The zero-order valence-corrected chi connectivity index (χ0v) is 11.0. The van der Waals surface area contributed by atoms with Gasteiger partial charge in [-0.15, -0.1) is 11.3 Å². The third-order valence-corrected chi connectivity index (χ3v) is 3.99. The Bertz CT molecular complexity index is 367. The molecule has 0 spiro atoms. The molecule has 0 bridgehead atoms. The highest BCUT2D eigenvalue weighted by Gasteiger charge is 2.24. The number of thiophene rings is 1. The van der Waals surface area contributed by atoms with Crippen molar-refractivity contribution in [3.63, 3.8) is 0 Å². The van der Waals surface area contributed by atoms with Crippen LogP contribution in [0.1, 0.15) is 24.8 Å². The molecule has 17 heavy (non-hydrogen) atoms. The SMILES string of the molecule is C[C@H](NC(=O)N1CCOC[C@H]1C)c1cccs1. The average molecular weight is 254 g/mol. The first kappa shape index (κ1) is 12.4. The van der Waals surface area contributed by atoms with Gasteiger partial charge in [-0.1, -0.05) is 6.07 Å². The summed E-state index contributed by atoms with van der Waals surface area (Å²) < 4.78 is 5.32. The molecule has 0 saturated carbocycles. The fourth-order valence-corrected chi connectivity index (χ4v) is 2.64. The monoisotopic (exact) mass is 254 g/mol. The summed E-state index contributed by atoms with van der Waals surface area (Å²) in [6, 6.07) is 4.26. The summed E-state index contributed by atoms with van der Waals surface area (Å²) in [7, 11) is 0. The molecule has 1 saturated heterocycles. The first-order chi connectivity index (χ1) is 8.18. The van der Waals surface area contributed by atoms with Crippen molar-refractivity contribution in [1.29, 1.82) is 0 Å². The normalized spacial score (nSPS) is 22.2. The summed E-state index contributed by atoms with van der Waals surface area (Å²) >= 11 is 1.66. The van der Waals surface area contributed by atoms with Crippen molar-refractivity contribution in [3.8, 4) is 0 Å². The number of amides is 2. The van der Waals surface area contributed by atoms with Gasteiger partial charge in [0.1, 0.15) is 0 Å². The van der Waals surface area contributed by atoms with Gasteiger partial charge in [0.15, 0.2) is 0 Å². The van der Waals surface area contributed by atoms with E-state index in [0.29, 0.717) is 19.8 Å². The molecular weight excluding hydrogens is 236 g/mol. The maximum atomic E-state index is 12.1. The molecule has 2 atom stereocenters. The van der Waals surface area contributed by atoms with Crippen LogP contribution < -0.4 is 5.32 Å². The van der Waals surface area contributed by atoms with Gasteiger partial charge >= 0.3 is 6.03 Å². The van der Waals surface area contributed by atoms with Crippen LogP contribution in [0.5, 0.6) is 0 Å². The summed E-state index contributed by atoms with van der Waals surface area (Å²) in [5, 5.41) is 5.05. The van der Waals surface area contributed by atoms with Crippen LogP contribution in [0.15, 0.2) is 17.5 Å². The van der Waals surface area contributed by atoms with E-state index in [1.54, 1.807) is 11.3 Å². The Labute approximate surface area is 106 Å². The van der Waals surface area contributed by atoms with Crippen molar-refractivity contribution in [2.45, 2.75) is 25.9 Å². The first-order valence-electron chi connectivity index (χ1n) is 5.86. The molecule has 0 radical (unpaired) electrons. The van der Waals surface area contributed by atoms with Crippen molar-refractivity contribution in [2.75, 3.05) is 19.8 Å². The van der Waals surface area contributed by atoms with E-state index in [-0.39, 0.29) is 18.1 Å². The molecule has 0 aromatic carbocycles. The van der Waals surface area contributed by atoms with Gasteiger partial charge in [0.25, 0.3) is 0 Å². The number of hydrogen-bond acceptors (Lipinski definition) is 3. The van der Waals surface area contributed by atoms with Crippen molar-refractivity contribution in [1.82, 2.24) is 10.2 Å². The molecule has 1 aliphatic rings. The van der Waals surface area contributed by atoms with Gasteiger partial charge in [-0.05, 0) is 25.3 Å². The second kappa shape index (κ2) is 5.51.